The fourth-order valence-electron chi connectivity index (χ4n) is 2.43. The Kier molecular flexibility index (Phi) is 4.12. The Bertz CT molecular complexity index is 970. The number of aromatic nitrogens is 1. The first kappa shape index (κ1) is 16.5. The highest BCUT2D eigenvalue weighted by Gasteiger charge is 2.25. The summed E-state index contributed by atoms with van der Waals surface area (Å²) in [5.41, 5.74) is 0.358. The first-order valence-electron chi connectivity index (χ1n) is 7.01. The van der Waals surface area contributed by atoms with E-state index in [1.54, 1.807) is 6.07 Å². The van der Waals surface area contributed by atoms with Crippen LogP contribution in [-0.2, 0) is 0 Å². The van der Waals surface area contributed by atoms with E-state index in [9.17, 15) is 25.4 Å². The van der Waals surface area contributed by atoms with Crippen LogP contribution in [0.1, 0.15) is 0 Å². The number of nitro benzene ring substituents is 1. The Balaban J connectivity index is 2.14. The summed E-state index contributed by atoms with van der Waals surface area (Å²) in [6.07, 6.45) is 0. The molecule has 0 saturated heterocycles. The van der Waals surface area contributed by atoms with Gasteiger partial charge in [0.05, 0.1) is 21.1 Å². The van der Waals surface area contributed by atoms with Gasteiger partial charge in [0, 0.05) is 11.8 Å². The lowest BCUT2D eigenvalue weighted by molar-refractivity contribution is -0.384. The molecule has 3 aromatic rings. The Morgan fingerprint density at radius 2 is 1.80 bits per heavy atom. The Labute approximate surface area is 146 Å². The SMILES string of the molecule is O=[N+]([O-])c1ccccc1-c1c(O)[nH]c(O)c1Nc1ccc(O)c(Cl)c1. The second-order valence-electron chi connectivity index (χ2n) is 5.14. The molecule has 8 nitrogen and oxygen atoms in total. The number of H-pyrrole nitrogens is 1. The number of aromatic hydroxyl groups is 3. The molecular weight excluding hydrogens is 350 g/mol. The number of para-hydroxylation sites is 1. The molecule has 0 aliphatic heterocycles. The summed E-state index contributed by atoms with van der Waals surface area (Å²) in [5, 5.41) is 43.8. The van der Waals surface area contributed by atoms with Crippen LogP contribution in [0, 0.1) is 10.1 Å². The maximum absolute atomic E-state index is 11.3. The van der Waals surface area contributed by atoms with E-state index in [2.05, 4.69) is 10.3 Å². The van der Waals surface area contributed by atoms with Gasteiger partial charge < -0.3 is 20.6 Å². The monoisotopic (exact) mass is 361 g/mol. The first-order chi connectivity index (χ1) is 11.9. The number of nitrogens with zero attached hydrogens (tertiary/aromatic N) is 1. The first-order valence-corrected chi connectivity index (χ1v) is 7.39. The summed E-state index contributed by atoms with van der Waals surface area (Å²) in [6, 6.07) is 10.1. The van der Waals surface area contributed by atoms with Crippen molar-refractivity contribution in [2.24, 2.45) is 0 Å². The fourth-order valence-corrected chi connectivity index (χ4v) is 2.61. The third-order valence-corrected chi connectivity index (χ3v) is 3.85. The Morgan fingerprint density at radius 1 is 1.08 bits per heavy atom. The van der Waals surface area contributed by atoms with Crippen LogP contribution in [0.25, 0.3) is 11.1 Å². The van der Waals surface area contributed by atoms with Gasteiger partial charge in [0.25, 0.3) is 5.69 Å². The number of anilines is 2. The second kappa shape index (κ2) is 6.25. The minimum absolute atomic E-state index is 0.0357. The molecule has 0 aliphatic carbocycles. The lowest BCUT2D eigenvalue weighted by atomic mass is 10.0. The topological polar surface area (TPSA) is 132 Å². The summed E-state index contributed by atoms with van der Waals surface area (Å²) >= 11 is 5.85. The summed E-state index contributed by atoms with van der Waals surface area (Å²) in [5.74, 6) is -0.957. The minimum atomic E-state index is -0.583. The van der Waals surface area contributed by atoms with Crippen molar-refractivity contribution in [1.82, 2.24) is 4.98 Å². The highest BCUT2D eigenvalue weighted by atomic mass is 35.5. The molecule has 0 aliphatic rings. The molecule has 3 rings (SSSR count). The largest absolute Gasteiger partial charge is 0.506 e. The van der Waals surface area contributed by atoms with Gasteiger partial charge in [-0.05, 0) is 24.3 Å². The zero-order chi connectivity index (χ0) is 18.1. The van der Waals surface area contributed by atoms with E-state index in [0.29, 0.717) is 5.69 Å². The van der Waals surface area contributed by atoms with Crippen LogP contribution < -0.4 is 5.32 Å². The fraction of sp³-hybridized carbons (Fsp3) is 0. The van der Waals surface area contributed by atoms with Gasteiger partial charge in [-0.15, -0.1) is 0 Å². The summed E-state index contributed by atoms with van der Waals surface area (Å²) in [6.45, 7) is 0. The quantitative estimate of drug-likeness (QED) is 0.270. The third-order valence-electron chi connectivity index (χ3n) is 3.55. The van der Waals surface area contributed by atoms with Crippen molar-refractivity contribution in [2.75, 3.05) is 5.32 Å². The lowest BCUT2D eigenvalue weighted by Crippen LogP contribution is -1.95. The van der Waals surface area contributed by atoms with Gasteiger partial charge in [-0.3, -0.25) is 15.1 Å². The number of hydrogen-bond donors (Lipinski definition) is 5. The van der Waals surface area contributed by atoms with E-state index in [4.69, 9.17) is 11.6 Å². The van der Waals surface area contributed by atoms with Gasteiger partial charge in [0.15, 0.2) is 0 Å². The van der Waals surface area contributed by atoms with Crippen LogP contribution in [0.2, 0.25) is 5.02 Å². The molecule has 0 amide bonds. The number of aromatic amines is 1. The number of phenols is 1. The van der Waals surface area contributed by atoms with Gasteiger partial charge in [-0.1, -0.05) is 23.7 Å². The van der Waals surface area contributed by atoms with Crippen LogP contribution in [-0.4, -0.2) is 25.2 Å². The van der Waals surface area contributed by atoms with Crippen LogP contribution >= 0.6 is 11.6 Å². The number of halogens is 1. The molecule has 0 atom stereocenters. The van der Waals surface area contributed by atoms with E-state index in [1.165, 1.54) is 36.4 Å². The number of hydrogen-bond acceptors (Lipinski definition) is 6. The number of nitro groups is 1. The van der Waals surface area contributed by atoms with E-state index < -0.39 is 16.7 Å². The van der Waals surface area contributed by atoms with Crippen molar-refractivity contribution >= 4 is 28.7 Å². The molecule has 2 aromatic carbocycles. The lowest BCUT2D eigenvalue weighted by Gasteiger charge is -2.10. The molecule has 0 bridgehead atoms. The normalized spacial score (nSPS) is 10.6. The maximum atomic E-state index is 11.3. The Hall–Kier alpha value is -3.39. The molecule has 128 valence electrons. The zero-order valence-electron chi connectivity index (χ0n) is 12.5. The highest BCUT2D eigenvalue weighted by molar-refractivity contribution is 6.32. The summed E-state index contributed by atoms with van der Waals surface area (Å²) in [7, 11) is 0. The van der Waals surface area contributed by atoms with Crippen LogP contribution in [0.15, 0.2) is 42.5 Å². The molecule has 5 N–H and O–H groups in total. The van der Waals surface area contributed by atoms with Crippen LogP contribution in [0.4, 0.5) is 17.1 Å². The predicted octanol–water partition coefficient (Wildman–Crippen LogP) is 4.10. The minimum Gasteiger partial charge on any atom is -0.506 e. The van der Waals surface area contributed by atoms with Gasteiger partial charge in [-0.2, -0.15) is 0 Å². The summed E-state index contributed by atoms with van der Waals surface area (Å²) in [4.78, 5) is 13.0. The van der Waals surface area contributed by atoms with Gasteiger partial charge in [-0.25, -0.2) is 0 Å². The van der Waals surface area contributed by atoms with Crippen LogP contribution in [0.5, 0.6) is 17.5 Å². The van der Waals surface area contributed by atoms with Crippen molar-refractivity contribution in [1.29, 1.82) is 0 Å². The van der Waals surface area contributed by atoms with Crippen molar-refractivity contribution in [3.8, 4) is 28.6 Å². The zero-order valence-corrected chi connectivity index (χ0v) is 13.3. The molecule has 0 fully saturated rings. The van der Waals surface area contributed by atoms with E-state index in [0.717, 1.165) is 0 Å². The Morgan fingerprint density at radius 3 is 2.48 bits per heavy atom. The van der Waals surface area contributed by atoms with Crippen molar-refractivity contribution < 1.29 is 20.2 Å². The molecule has 1 aromatic heterocycles. The molecule has 9 heteroatoms. The molecule has 1 heterocycles. The standard InChI is InChI=1S/C16H12ClN3O5/c17-10-7-8(5-6-12(10)21)18-14-13(15(22)19-16(14)23)9-3-1-2-4-11(9)20(24)25/h1-7,18-19,21-23H. The molecule has 0 unspecified atom stereocenters. The molecule has 0 radical (unpaired) electrons. The average Bonchev–Trinajstić information content (AvgIpc) is 2.84. The molecule has 0 saturated carbocycles. The number of phenolic OH excluding ortho intramolecular Hbond substituents is 1. The maximum Gasteiger partial charge on any atom is 0.277 e. The number of rotatable bonds is 4. The average molecular weight is 362 g/mol. The van der Waals surface area contributed by atoms with Crippen molar-refractivity contribution in [3.05, 3.63) is 57.6 Å². The smallest absolute Gasteiger partial charge is 0.277 e. The number of benzene rings is 2. The van der Waals surface area contributed by atoms with E-state index in [1.807, 2.05) is 0 Å². The van der Waals surface area contributed by atoms with Crippen LogP contribution in [0.3, 0.4) is 0 Å². The highest BCUT2D eigenvalue weighted by Crippen LogP contribution is 2.46. The van der Waals surface area contributed by atoms with Gasteiger partial charge >= 0.3 is 0 Å². The predicted molar refractivity (Wildman–Crippen MR) is 92.6 cm³/mol. The number of nitrogens with one attached hydrogen (secondary N) is 2. The van der Waals surface area contributed by atoms with Gasteiger partial charge in [0.1, 0.15) is 11.4 Å². The third kappa shape index (κ3) is 3.02. The molecule has 0 spiro atoms. The molecular formula is C16H12ClN3O5. The van der Waals surface area contributed by atoms with Gasteiger partial charge in [0.2, 0.25) is 11.8 Å². The van der Waals surface area contributed by atoms with Crippen molar-refractivity contribution in [3.63, 3.8) is 0 Å². The summed E-state index contributed by atoms with van der Waals surface area (Å²) < 4.78 is 0. The van der Waals surface area contributed by atoms with Crippen molar-refractivity contribution in [2.45, 2.75) is 0 Å². The van der Waals surface area contributed by atoms with E-state index >= 15 is 0 Å². The molecule has 25 heavy (non-hydrogen) atoms. The van der Waals surface area contributed by atoms with E-state index in [-0.39, 0.29) is 33.3 Å². The second-order valence-corrected chi connectivity index (χ2v) is 5.54.